The maximum Gasteiger partial charge on any atom is 0.318 e. The fraction of sp³-hybridized carbons (Fsp3) is 0.867. The third-order valence-electron chi connectivity index (χ3n) is 3.60. The molecule has 0 radical (unpaired) electrons. The molecule has 1 heterocycles. The van der Waals surface area contributed by atoms with Gasteiger partial charge in [0.25, 0.3) is 0 Å². The van der Waals surface area contributed by atoms with E-state index < -0.39 is 0 Å². The molecule has 0 aliphatic heterocycles. The predicted octanol–water partition coefficient (Wildman–Crippen LogP) is 3.62. The molecule has 0 unspecified atom stereocenters. The van der Waals surface area contributed by atoms with Crippen molar-refractivity contribution >= 4 is 6.01 Å². The standard InChI is InChI=1S/C15H30N4O/c1-4-5-6-7-8-9-10-11-12-17-15(2,3)13-18-14(16)20-19-13/h17H,4-12H2,1-3H3,(H2,16,18,19). The number of unbranched alkanes of at least 4 members (excludes halogenated alkanes) is 7. The number of rotatable bonds is 11. The average Bonchev–Trinajstić information content (AvgIpc) is 2.84. The molecule has 0 saturated heterocycles. The molecule has 0 bridgehead atoms. The van der Waals surface area contributed by atoms with Gasteiger partial charge in [0.05, 0.1) is 5.54 Å². The highest BCUT2D eigenvalue weighted by atomic mass is 16.5. The van der Waals surface area contributed by atoms with Crippen molar-refractivity contribution in [3.63, 3.8) is 0 Å². The number of hydrogen-bond donors (Lipinski definition) is 2. The van der Waals surface area contributed by atoms with Gasteiger partial charge >= 0.3 is 6.01 Å². The summed E-state index contributed by atoms with van der Waals surface area (Å²) >= 11 is 0. The molecule has 1 aromatic rings. The molecule has 20 heavy (non-hydrogen) atoms. The monoisotopic (exact) mass is 282 g/mol. The van der Waals surface area contributed by atoms with Gasteiger partial charge in [-0.1, -0.05) is 57.0 Å². The molecule has 0 amide bonds. The van der Waals surface area contributed by atoms with E-state index in [2.05, 4.69) is 22.4 Å². The van der Waals surface area contributed by atoms with Gasteiger partial charge in [0, 0.05) is 0 Å². The molecule has 5 heteroatoms. The first-order chi connectivity index (χ1) is 9.56. The van der Waals surface area contributed by atoms with Gasteiger partial charge in [0.1, 0.15) is 0 Å². The van der Waals surface area contributed by atoms with Gasteiger partial charge in [-0.05, 0) is 26.8 Å². The molecular weight excluding hydrogens is 252 g/mol. The van der Waals surface area contributed by atoms with Crippen LogP contribution in [-0.4, -0.2) is 16.7 Å². The molecule has 0 saturated carbocycles. The van der Waals surface area contributed by atoms with Crippen LogP contribution in [0.15, 0.2) is 4.52 Å². The number of nitrogen functional groups attached to an aromatic ring is 1. The number of hydrogen-bond acceptors (Lipinski definition) is 5. The third kappa shape index (κ3) is 6.37. The Balaban J connectivity index is 2.06. The first-order valence-corrected chi connectivity index (χ1v) is 7.91. The second kappa shape index (κ2) is 8.95. The van der Waals surface area contributed by atoms with E-state index >= 15 is 0 Å². The Morgan fingerprint density at radius 3 is 2.20 bits per heavy atom. The Morgan fingerprint density at radius 2 is 1.65 bits per heavy atom. The fourth-order valence-corrected chi connectivity index (χ4v) is 2.23. The van der Waals surface area contributed by atoms with Gasteiger partial charge in [-0.2, -0.15) is 4.98 Å². The largest absolute Gasteiger partial charge is 0.351 e. The number of nitrogens with two attached hydrogens (primary N) is 1. The van der Waals surface area contributed by atoms with Crippen LogP contribution in [-0.2, 0) is 5.54 Å². The van der Waals surface area contributed by atoms with E-state index in [1.165, 1.54) is 51.4 Å². The second-order valence-corrected chi connectivity index (χ2v) is 5.98. The smallest absolute Gasteiger partial charge is 0.318 e. The Bertz CT molecular complexity index is 363. The molecule has 3 N–H and O–H groups in total. The molecule has 0 spiro atoms. The van der Waals surface area contributed by atoms with Crippen molar-refractivity contribution in [1.29, 1.82) is 0 Å². The van der Waals surface area contributed by atoms with Crippen molar-refractivity contribution in [2.24, 2.45) is 0 Å². The van der Waals surface area contributed by atoms with Gasteiger partial charge in [0.2, 0.25) is 0 Å². The van der Waals surface area contributed by atoms with Crippen LogP contribution in [0.4, 0.5) is 6.01 Å². The summed E-state index contributed by atoms with van der Waals surface area (Å²) in [5, 5.41) is 7.33. The predicted molar refractivity (Wildman–Crippen MR) is 82.3 cm³/mol. The van der Waals surface area contributed by atoms with Crippen molar-refractivity contribution in [2.75, 3.05) is 12.3 Å². The van der Waals surface area contributed by atoms with E-state index in [1.54, 1.807) is 0 Å². The Kier molecular flexibility index (Phi) is 7.59. The minimum absolute atomic E-state index is 0.127. The summed E-state index contributed by atoms with van der Waals surface area (Å²) in [7, 11) is 0. The lowest BCUT2D eigenvalue weighted by molar-refractivity contribution is 0.345. The van der Waals surface area contributed by atoms with Crippen LogP contribution < -0.4 is 11.1 Å². The van der Waals surface area contributed by atoms with Crippen molar-refractivity contribution in [2.45, 2.75) is 77.7 Å². The van der Waals surface area contributed by atoms with Gasteiger partial charge in [-0.25, -0.2) is 0 Å². The first kappa shape index (κ1) is 17.0. The van der Waals surface area contributed by atoms with Crippen LogP contribution in [0.1, 0.15) is 78.0 Å². The summed E-state index contributed by atoms with van der Waals surface area (Å²) in [6, 6.07) is 0.127. The van der Waals surface area contributed by atoms with E-state index in [9.17, 15) is 0 Å². The molecule has 0 aliphatic rings. The van der Waals surface area contributed by atoms with E-state index in [1.807, 2.05) is 13.8 Å². The van der Waals surface area contributed by atoms with Crippen LogP contribution in [0.5, 0.6) is 0 Å². The molecule has 1 rings (SSSR count). The van der Waals surface area contributed by atoms with Crippen LogP contribution in [0.2, 0.25) is 0 Å². The lowest BCUT2D eigenvalue weighted by Crippen LogP contribution is -2.38. The van der Waals surface area contributed by atoms with E-state index in [-0.39, 0.29) is 11.6 Å². The van der Waals surface area contributed by atoms with Crippen LogP contribution in [0.3, 0.4) is 0 Å². The van der Waals surface area contributed by atoms with Crippen molar-refractivity contribution < 1.29 is 4.52 Å². The Hall–Kier alpha value is -1.10. The van der Waals surface area contributed by atoms with E-state index in [4.69, 9.17) is 10.3 Å². The highest BCUT2D eigenvalue weighted by Crippen LogP contribution is 2.17. The third-order valence-corrected chi connectivity index (χ3v) is 3.60. The summed E-state index contributed by atoms with van der Waals surface area (Å²) < 4.78 is 4.82. The lowest BCUT2D eigenvalue weighted by Gasteiger charge is -2.22. The van der Waals surface area contributed by atoms with Crippen molar-refractivity contribution in [3.05, 3.63) is 5.82 Å². The molecule has 1 aromatic heterocycles. The lowest BCUT2D eigenvalue weighted by atomic mass is 10.0. The summed E-state index contributed by atoms with van der Waals surface area (Å²) in [5.41, 5.74) is 5.16. The van der Waals surface area contributed by atoms with Gasteiger partial charge in [-0.15, -0.1) is 0 Å². The summed E-state index contributed by atoms with van der Waals surface area (Å²) in [6.07, 6.45) is 10.6. The fourth-order valence-electron chi connectivity index (χ4n) is 2.23. The van der Waals surface area contributed by atoms with Crippen LogP contribution in [0, 0.1) is 0 Å². The quantitative estimate of drug-likeness (QED) is 0.606. The number of anilines is 1. The molecule has 0 aromatic carbocycles. The molecular formula is C15H30N4O. The molecule has 0 fully saturated rings. The maximum absolute atomic E-state index is 5.45. The normalized spacial score (nSPS) is 11.9. The number of nitrogens with zero attached hydrogens (tertiary/aromatic N) is 2. The summed E-state index contributed by atoms with van der Waals surface area (Å²) in [4.78, 5) is 4.08. The first-order valence-electron chi connectivity index (χ1n) is 7.91. The SMILES string of the molecule is CCCCCCCCCCNC(C)(C)c1noc(N)n1. The minimum atomic E-state index is -0.289. The second-order valence-electron chi connectivity index (χ2n) is 5.98. The molecule has 5 nitrogen and oxygen atoms in total. The zero-order valence-electron chi connectivity index (χ0n) is 13.2. The van der Waals surface area contributed by atoms with E-state index in [0.717, 1.165) is 6.54 Å². The minimum Gasteiger partial charge on any atom is -0.351 e. The summed E-state index contributed by atoms with van der Waals surface area (Å²) in [5.74, 6) is 0.620. The number of aromatic nitrogens is 2. The average molecular weight is 282 g/mol. The Labute approximate surface area is 122 Å². The van der Waals surface area contributed by atoms with Crippen LogP contribution >= 0.6 is 0 Å². The molecule has 116 valence electrons. The zero-order chi connectivity index (χ0) is 14.8. The zero-order valence-corrected chi connectivity index (χ0v) is 13.2. The maximum atomic E-state index is 5.45. The summed E-state index contributed by atoms with van der Waals surface area (Å²) in [6.45, 7) is 7.31. The van der Waals surface area contributed by atoms with Gasteiger partial charge in [-0.3, -0.25) is 0 Å². The topological polar surface area (TPSA) is 77.0 Å². The highest BCUT2D eigenvalue weighted by molar-refractivity contribution is 5.12. The molecule has 0 atom stereocenters. The van der Waals surface area contributed by atoms with E-state index in [0.29, 0.717) is 5.82 Å². The highest BCUT2D eigenvalue weighted by Gasteiger charge is 2.25. The van der Waals surface area contributed by atoms with Crippen molar-refractivity contribution in [1.82, 2.24) is 15.5 Å². The van der Waals surface area contributed by atoms with Gasteiger partial charge in [0.15, 0.2) is 5.82 Å². The molecule has 0 aliphatic carbocycles. The van der Waals surface area contributed by atoms with Gasteiger partial charge < -0.3 is 15.6 Å². The van der Waals surface area contributed by atoms with Crippen LogP contribution in [0.25, 0.3) is 0 Å². The Morgan fingerprint density at radius 1 is 1.05 bits per heavy atom. The van der Waals surface area contributed by atoms with Crippen molar-refractivity contribution in [3.8, 4) is 0 Å². The number of nitrogens with one attached hydrogen (secondary N) is 1.